The van der Waals surface area contributed by atoms with Gasteiger partial charge in [0.15, 0.2) is 11.5 Å². The van der Waals surface area contributed by atoms with Crippen molar-refractivity contribution in [1.82, 2.24) is 4.90 Å². The van der Waals surface area contributed by atoms with E-state index < -0.39 is 0 Å². The fourth-order valence-corrected chi connectivity index (χ4v) is 4.88. The Morgan fingerprint density at radius 2 is 1.69 bits per heavy atom. The smallest absolute Gasteiger partial charge is 0.293 e. The molecule has 0 saturated carbocycles. The Hall–Kier alpha value is -2.64. The van der Waals surface area contributed by atoms with Crippen molar-refractivity contribution in [3.05, 3.63) is 97.3 Å². The Labute approximate surface area is 222 Å². The minimum Gasteiger partial charge on any atom is -0.490 e. The first kappa shape index (κ1) is 25.5. The minimum absolute atomic E-state index is 0.0665. The van der Waals surface area contributed by atoms with Crippen LogP contribution < -0.4 is 9.47 Å². The number of rotatable bonds is 8. The number of hydrogen-bond acceptors (Lipinski definition) is 5. The highest BCUT2D eigenvalue weighted by Gasteiger charge is 2.35. The summed E-state index contributed by atoms with van der Waals surface area (Å²) in [6.07, 6.45) is 1.66. The van der Waals surface area contributed by atoms with E-state index in [4.69, 9.17) is 44.3 Å². The van der Waals surface area contributed by atoms with E-state index in [0.717, 1.165) is 22.2 Å². The highest BCUT2D eigenvalue weighted by atomic mass is 35.5. The quantitative estimate of drug-likeness (QED) is 0.268. The monoisotopic (exact) mass is 547 g/mol. The van der Waals surface area contributed by atoms with E-state index in [1.807, 2.05) is 25.1 Å². The predicted molar refractivity (Wildman–Crippen MR) is 141 cm³/mol. The van der Waals surface area contributed by atoms with Crippen LogP contribution in [0.2, 0.25) is 15.1 Å². The van der Waals surface area contributed by atoms with E-state index in [0.29, 0.717) is 49.2 Å². The minimum atomic E-state index is -0.386. The van der Waals surface area contributed by atoms with E-state index in [9.17, 15) is 9.59 Å². The first-order valence-electron chi connectivity index (χ1n) is 10.7. The van der Waals surface area contributed by atoms with E-state index in [1.165, 1.54) is 0 Å². The average molecular weight is 549 g/mol. The summed E-state index contributed by atoms with van der Waals surface area (Å²) in [5, 5.41) is 1.14. The molecule has 0 spiro atoms. The molecule has 1 aliphatic rings. The van der Waals surface area contributed by atoms with Crippen molar-refractivity contribution in [1.29, 1.82) is 0 Å². The second-order valence-electron chi connectivity index (χ2n) is 7.52. The van der Waals surface area contributed by atoms with Gasteiger partial charge >= 0.3 is 0 Å². The Balaban J connectivity index is 1.52. The molecule has 180 valence electrons. The maximum absolute atomic E-state index is 13.0. The van der Waals surface area contributed by atoms with Crippen LogP contribution in [-0.2, 0) is 17.9 Å². The molecule has 1 heterocycles. The molecule has 3 aromatic carbocycles. The predicted octanol–water partition coefficient (Wildman–Crippen LogP) is 7.86. The number of nitrogens with zero attached hydrogens (tertiary/aromatic N) is 1. The number of halogens is 3. The lowest BCUT2D eigenvalue weighted by molar-refractivity contribution is -0.123. The van der Waals surface area contributed by atoms with Crippen LogP contribution in [0.1, 0.15) is 23.6 Å². The summed E-state index contributed by atoms with van der Waals surface area (Å²) in [5.41, 5.74) is 2.20. The molecule has 0 N–H and O–H groups in total. The fraction of sp³-hybridized carbons (Fsp3) is 0.154. The fourth-order valence-electron chi connectivity index (χ4n) is 3.38. The molecule has 0 radical (unpaired) electrons. The number of thioether (sulfide) groups is 1. The number of benzene rings is 3. The molecule has 0 bridgehead atoms. The van der Waals surface area contributed by atoms with Crippen molar-refractivity contribution in [2.24, 2.45) is 0 Å². The van der Waals surface area contributed by atoms with Gasteiger partial charge in [0.2, 0.25) is 0 Å². The zero-order chi connectivity index (χ0) is 24.9. The number of carbonyl (C=O) groups excluding carboxylic acids is 2. The van der Waals surface area contributed by atoms with Crippen LogP contribution in [0.3, 0.4) is 0 Å². The number of carbonyl (C=O) groups is 2. The van der Waals surface area contributed by atoms with Crippen molar-refractivity contribution in [2.45, 2.75) is 20.1 Å². The third-order valence-electron chi connectivity index (χ3n) is 5.12. The molecule has 4 rings (SSSR count). The molecule has 1 fully saturated rings. The lowest BCUT2D eigenvalue weighted by Crippen LogP contribution is -2.27. The molecule has 0 aromatic heterocycles. The Kier molecular flexibility index (Phi) is 8.29. The largest absolute Gasteiger partial charge is 0.490 e. The molecule has 9 heteroatoms. The summed E-state index contributed by atoms with van der Waals surface area (Å²) >= 11 is 19.3. The van der Waals surface area contributed by atoms with Crippen LogP contribution in [0, 0.1) is 0 Å². The van der Waals surface area contributed by atoms with E-state index in [1.54, 1.807) is 48.5 Å². The Morgan fingerprint density at radius 3 is 2.43 bits per heavy atom. The molecule has 0 unspecified atom stereocenters. The third kappa shape index (κ3) is 6.14. The molecular weight excluding hydrogens is 529 g/mol. The van der Waals surface area contributed by atoms with Crippen molar-refractivity contribution in [2.75, 3.05) is 6.61 Å². The molecule has 1 saturated heterocycles. The van der Waals surface area contributed by atoms with Crippen LogP contribution in [0.5, 0.6) is 11.5 Å². The van der Waals surface area contributed by atoms with Crippen molar-refractivity contribution >= 4 is 63.8 Å². The standard InChI is InChI=1S/C26H20Cl3NO4S/c1-2-33-23-11-16(7-10-22(23)34-15-18-5-3-4-6-20(18)28)12-24-25(31)30(26(32)35-24)14-17-8-9-19(27)13-21(17)29/h3-13H,2,14-15H2,1H3/b24-12+. The number of imide groups is 1. The van der Waals surface area contributed by atoms with Crippen LogP contribution in [0.15, 0.2) is 65.6 Å². The molecule has 0 aliphatic carbocycles. The lowest BCUT2D eigenvalue weighted by atomic mass is 10.1. The highest BCUT2D eigenvalue weighted by Crippen LogP contribution is 2.36. The van der Waals surface area contributed by atoms with Gasteiger partial charge in [-0.3, -0.25) is 14.5 Å². The summed E-state index contributed by atoms with van der Waals surface area (Å²) in [5.74, 6) is 0.693. The van der Waals surface area contributed by atoms with Crippen molar-refractivity contribution < 1.29 is 19.1 Å². The molecular formula is C26H20Cl3NO4S. The van der Waals surface area contributed by atoms with Crippen molar-refractivity contribution in [3.8, 4) is 11.5 Å². The second-order valence-corrected chi connectivity index (χ2v) is 9.77. The SMILES string of the molecule is CCOc1cc(/C=C2/SC(=O)N(Cc3ccc(Cl)cc3Cl)C2=O)ccc1OCc1ccccc1Cl. The van der Waals surface area contributed by atoms with Gasteiger partial charge in [0.05, 0.1) is 18.1 Å². The third-order valence-corrected chi connectivity index (χ3v) is 6.99. The molecule has 1 aliphatic heterocycles. The maximum Gasteiger partial charge on any atom is 0.293 e. The second kappa shape index (κ2) is 11.4. The van der Waals surface area contributed by atoms with Gasteiger partial charge in [-0.15, -0.1) is 0 Å². The van der Waals surface area contributed by atoms with E-state index in [2.05, 4.69) is 0 Å². The number of amides is 2. The zero-order valence-corrected chi connectivity index (χ0v) is 21.7. The van der Waals surface area contributed by atoms with Gasteiger partial charge in [-0.05, 0) is 66.2 Å². The lowest BCUT2D eigenvalue weighted by Gasteiger charge is -2.14. The van der Waals surface area contributed by atoms with Gasteiger partial charge in [-0.2, -0.15) is 0 Å². The molecule has 2 amide bonds. The summed E-state index contributed by atoms with van der Waals surface area (Å²) in [7, 11) is 0. The number of ether oxygens (including phenoxy) is 2. The van der Waals surface area contributed by atoms with E-state index in [-0.39, 0.29) is 24.3 Å². The van der Waals surface area contributed by atoms with Crippen LogP contribution >= 0.6 is 46.6 Å². The Bertz CT molecular complexity index is 1310. The first-order chi connectivity index (χ1) is 16.9. The molecule has 3 aromatic rings. The Morgan fingerprint density at radius 1 is 0.886 bits per heavy atom. The normalized spacial score (nSPS) is 14.6. The summed E-state index contributed by atoms with van der Waals surface area (Å²) in [6, 6.07) is 17.7. The molecule has 5 nitrogen and oxygen atoms in total. The average Bonchev–Trinajstić information content (AvgIpc) is 3.08. The van der Waals surface area contributed by atoms with Gasteiger partial charge in [0.25, 0.3) is 11.1 Å². The van der Waals surface area contributed by atoms with Crippen LogP contribution in [0.4, 0.5) is 4.79 Å². The van der Waals surface area contributed by atoms with Crippen molar-refractivity contribution in [3.63, 3.8) is 0 Å². The molecule has 0 atom stereocenters. The number of hydrogen-bond donors (Lipinski definition) is 0. The van der Waals surface area contributed by atoms with Gasteiger partial charge in [0.1, 0.15) is 6.61 Å². The van der Waals surface area contributed by atoms with Gasteiger partial charge in [-0.1, -0.05) is 65.1 Å². The van der Waals surface area contributed by atoms with Crippen LogP contribution in [0.25, 0.3) is 6.08 Å². The zero-order valence-electron chi connectivity index (χ0n) is 18.6. The molecule has 35 heavy (non-hydrogen) atoms. The van der Waals surface area contributed by atoms with Gasteiger partial charge < -0.3 is 9.47 Å². The topological polar surface area (TPSA) is 55.8 Å². The summed E-state index contributed by atoms with van der Waals surface area (Å²) < 4.78 is 11.7. The van der Waals surface area contributed by atoms with Gasteiger partial charge in [-0.25, -0.2) is 0 Å². The summed E-state index contributed by atoms with van der Waals surface area (Å²) in [4.78, 5) is 27.0. The van der Waals surface area contributed by atoms with Crippen LogP contribution in [-0.4, -0.2) is 22.7 Å². The van der Waals surface area contributed by atoms with Gasteiger partial charge in [0, 0.05) is 20.6 Å². The highest BCUT2D eigenvalue weighted by molar-refractivity contribution is 8.18. The summed E-state index contributed by atoms with van der Waals surface area (Å²) in [6.45, 7) is 2.66. The first-order valence-corrected chi connectivity index (χ1v) is 12.6. The maximum atomic E-state index is 13.0. The van der Waals surface area contributed by atoms with E-state index >= 15 is 0 Å².